The SMILES string of the molecule is CC(C)Cc1nc(C(=O)O)c(CCO)s1. The highest BCUT2D eigenvalue weighted by Gasteiger charge is 2.17. The zero-order chi connectivity index (χ0) is 11.4. The van der Waals surface area contributed by atoms with E-state index in [4.69, 9.17) is 10.2 Å². The molecule has 0 fully saturated rings. The van der Waals surface area contributed by atoms with Crippen LogP contribution in [-0.2, 0) is 12.8 Å². The van der Waals surface area contributed by atoms with Gasteiger partial charge in [-0.1, -0.05) is 13.8 Å². The molecule has 0 saturated carbocycles. The molecule has 1 aromatic heterocycles. The molecule has 2 N–H and O–H groups in total. The lowest BCUT2D eigenvalue weighted by Gasteiger charge is -1.97. The van der Waals surface area contributed by atoms with E-state index in [9.17, 15) is 4.79 Å². The van der Waals surface area contributed by atoms with Crippen molar-refractivity contribution in [1.29, 1.82) is 0 Å². The van der Waals surface area contributed by atoms with E-state index in [2.05, 4.69) is 18.8 Å². The third-order valence-electron chi connectivity index (χ3n) is 1.87. The van der Waals surface area contributed by atoms with Crippen molar-refractivity contribution >= 4 is 17.3 Å². The third-order valence-corrected chi connectivity index (χ3v) is 3.00. The van der Waals surface area contributed by atoms with Gasteiger partial charge in [-0.25, -0.2) is 9.78 Å². The summed E-state index contributed by atoms with van der Waals surface area (Å²) in [4.78, 5) is 15.6. The Balaban J connectivity index is 2.93. The van der Waals surface area contributed by atoms with Crippen molar-refractivity contribution in [3.8, 4) is 0 Å². The molecule has 0 atom stereocenters. The molecule has 15 heavy (non-hydrogen) atoms. The molecule has 1 rings (SSSR count). The molecular formula is C10H15NO3S. The number of aliphatic hydroxyl groups excluding tert-OH is 1. The highest BCUT2D eigenvalue weighted by atomic mass is 32.1. The van der Waals surface area contributed by atoms with Crippen LogP contribution in [0, 0.1) is 5.92 Å². The van der Waals surface area contributed by atoms with Gasteiger partial charge in [-0.2, -0.15) is 0 Å². The Morgan fingerprint density at radius 3 is 2.67 bits per heavy atom. The van der Waals surface area contributed by atoms with Crippen LogP contribution in [0.5, 0.6) is 0 Å². The normalized spacial score (nSPS) is 10.9. The van der Waals surface area contributed by atoms with Gasteiger partial charge in [0.15, 0.2) is 5.69 Å². The summed E-state index contributed by atoms with van der Waals surface area (Å²) in [5.41, 5.74) is 0.102. The van der Waals surface area contributed by atoms with Gasteiger partial charge in [-0.3, -0.25) is 0 Å². The van der Waals surface area contributed by atoms with Crippen LogP contribution in [0.15, 0.2) is 0 Å². The van der Waals surface area contributed by atoms with E-state index in [1.54, 1.807) is 0 Å². The van der Waals surface area contributed by atoms with E-state index in [1.807, 2.05) is 0 Å². The molecular weight excluding hydrogens is 214 g/mol. The molecule has 4 nitrogen and oxygen atoms in total. The molecule has 0 saturated heterocycles. The van der Waals surface area contributed by atoms with Crippen molar-refractivity contribution in [2.24, 2.45) is 5.92 Å². The first-order valence-electron chi connectivity index (χ1n) is 4.87. The number of aromatic nitrogens is 1. The lowest BCUT2D eigenvalue weighted by Crippen LogP contribution is -2.03. The minimum absolute atomic E-state index is 0.0381. The second kappa shape index (κ2) is 5.23. The fraction of sp³-hybridized carbons (Fsp3) is 0.600. The molecule has 0 radical (unpaired) electrons. The van der Waals surface area contributed by atoms with Crippen molar-refractivity contribution in [2.45, 2.75) is 26.7 Å². The van der Waals surface area contributed by atoms with Gasteiger partial charge >= 0.3 is 5.97 Å². The maximum Gasteiger partial charge on any atom is 0.355 e. The van der Waals surface area contributed by atoms with Gasteiger partial charge in [-0.05, 0) is 5.92 Å². The van der Waals surface area contributed by atoms with Crippen LogP contribution in [0.1, 0.15) is 34.2 Å². The smallest absolute Gasteiger partial charge is 0.355 e. The minimum Gasteiger partial charge on any atom is -0.476 e. The van der Waals surface area contributed by atoms with Gasteiger partial charge in [-0.15, -0.1) is 11.3 Å². The van der Waals surface area contributed by atoms with Gasteiger partial charge < -0.3 is 10.2 Å². The predicted molar refractivity (Wildman–Crippen MR) is 58.4 cm³/mol. The number of nitrogens with zero attached hydrogens (tertiary/aromatic N) is 1. The van der Waals surface area contributed by atoms with Crippen molar-refractivity contribution < 1.29 is 15.0 Å². The molecule has 0 unspecified atom stereocenters. The van der Waals surface area contributed by atoms with Gasteiger partial charge in [0.2, 0.25) is 0 Å². The van der Waals surface area contributed by atoms with Crippen LogP contribution < -0.4 is 0 Å². The monoisotopic (exact) mass is 229 g/mol. The largest absolute Gasteiger partial charge is 0.476 e. The summed E-state index contributed by atoms with van der Waals surface area (Å²) in [6.07, 6.45) is 1.16. The number of carbonyl (C=O) groups is 1. The van der Waals surface area contributed by atoms with Crippen LogP contribution in [0.4, 0.5) is 0 Å². The lowest BCUT2D eigenvalue weighted by atomic mass is 10.1. The third kappa shape index (κ3) is 3.28. The van der Waals surface area contributed by atoms with Crippen LogP contribution in [0.3, 0.4) is 0 Å². The second-order valence-electron chi connectivity index (χ2n) is 3.76. The molecule has 0 aliphatic carbocycles. The first kappa shape index (κ1) is 12.1. The average Bonchev–Trinajstić information content (AvgIpc) is 2.47. The molecule has 1 heterocycles. The Hall–Kier alpha value is -0.940. The van der Waals surface area contributed by atoms with Crippen molar-refractivity contribution in [2.75, 3.05) is 6.61 Å². The first-order valence-corrected chi connectivity index (χ1v) is 5.69. The fourth-order valence-electron chi connectivity index (χ4n) is 1.28. The lowest BCUT2D eigenvalue weighted by molar-refractivity contribution is 0.0689. The number of carboxylic acid groups (broad SMARTS) is 1. The Morgan fingerprint density at radius 1 is 1.53 bits per heavy atom. The van der Waals surface area contributed by atoms with Gasteiger partial charge in [0.1, 0.15) is 0 Å². The van der Waals surface area contributed by atoms with Gasteiger partial charge in [0.25, 0.3) is 0 Å². The van der Waals surface area contributed by atoms with E-state index in [0.717, 1.165) is 11.4 Å². The van der Waals surface area contributed by atoms with Crippen LogP contribution in [0.2, 0.25) is 0 Å². The highest BCUT2D eigenvalue weighted by molar-refractivity contribution is 7.11. The van der Waals surface area contributed by atoms with Crippen molar-refractivity contribution in [3.63, 3.8) is 0 Å². The molecule has 0 spiro atoms. The maximum absolute atomic E-state index is 10.9. The van der Waals surface area contributed by atoms with Crippen molar-refractivity contribution in [3.05, 3.63) is 15.6 Å². The zero-order valence-corrected chi connectivity index (χ0v) is 9.67. The average molecular weight is 229 g/mol. The number of rotatable bonds is 5. The molecule has 0 amide bonds. The number of carboxylic acids is 1. The summed E-state index contributed by atoms with van der Waals surface area (Å²) in [5, 5.41) is 18.5. The highest BCUT2D eigenvalue weighted by Crippen LogP contribution is 2.21. The number of aromatic carboxylic acids is 1. The maximum atomic E-state index is 10.9. The summed E-state index contributed by atoms with van der Waals surface area (Å²) in [5.74, 6) is -0.551. The fourth-order valence-corrected chi connectivity index (χ4v) is 2.54. The minimum atomic E-state index is -1.01. The predicted octanol–water partition coefficient (Wildman–Crippen LogP) is 1.57. The van der Waals surface area contributed by atoms with Crippen LogP contribution >= 0.6 is 11.3 Å². The molecule has 84 valence electrons. The Labute approximate surface area is 92.6 Å². The molecule has 0 aliphatic rings. The Bertz CT molecular complexity index is 346. The van der Waals surface area contributed by atoms with Crippen molar-refractivity contribution in [1.82, 2.24) is 4.98 Å². The molecule has 0 bridgehead atoms. The van der Waals surface area contributed by atoms with Crippen LogP contribution in [-0.4, -0.2) is 27.8 Å². The number of hydrogen-bond acceptors (Lipinski definition) is 4. The molecule has 0 aromatic carbocycles. The second-order valence-corrected chi connectivity index (χ2v) is 4.92. The number of hydrogen-bond donors (Lipinski definition) is 2. The van der Waals surface area contributed by atoms with E-state index in [0.29, 0.717) is 17.2 Å². The number of thiazole rings is 1. The van der Waals surface area contributed by atoms with E-state index in [-0.39, 0.29) is 12.3 Å². The van der Waals surface area contributed by atoms with E-state index >= 15 is 0 Å². The topological polar surface area (TPSA) is 70.4 Å². The summed E-state index contributed by atoms with van der Waals surface area (Å²) in [7, 11) is 0. The standard InChI is InChI=1S/C10H15NO3S/c1-6(2)5-8-11-9(10(13)14)7(15-8)3-4-12/h6,12H,3-5H2,1-2H3,(H,13,14). The van der Waals surface area contributed by atoms with Gasteiger partial charge in [0.05, 0.1) is 5.01 Å². The van der Waals surface area contributed by atoms with E-state index < -0.39 is 5.97 Å². The summed E-state index contributed by atoms with van der Waals surface area (Å²) < 4.78 is 0. The Morgan fingerprint density at radius 2 is 2.20 bits per heavy atom. The molecule has 1 aromatic rings. The summed E-state index contributed by atoms with van der Waals surface area (Å²) >= 11 is 1.39. The number of aliphatic hydroxyl groups is 1. The van der Waals surface area contributed by atoms with Crippen LogP contribution in [0.25, 0.3) is 0 Å². The summed E-state index contributed by atoms with van der Waals surface area (Å²) in [6.45, 7) is 4.09. The molecule has 5 heteroatoms. The molecule has 0 aliphatic heterocycles. The zero-order valence-electron chi connectivity index (χ0n) is 8.86. The van der Waals surface area contributed by atoms with Gasteiger partial charge in [0, 0.05) is 24.3 Å². The Kier molecular flexibility index (Phi) is 4.23. The van der Waals surface area contributed by atoms with E-state index in [1.165, 1.54) is 11.3 Å². The summed E-state index contributed by atoms with van der Waals surface area (Å²) in [6, 6.07) is 0. The first-order chi connectivity index (χ1) is 7.04. The quantitative estimate of drug-likeness (QED) is 0.804.